The number of benzene rings is 2. The fraction of sp³-hybridized carbons (Fsp3) is 0.154. The average Bonchev–Trinajstić information content (AvgIpc) is 2.96. The van der Waals surface area contributed by atoms with Crippen molar-refractivity contribution in [3.05, 3.63) is 100 Å². The smallest absolute Gasteiger partial charge is 0.227 e. The first kappa shape index (κ1) is 22.1. The molecule has 8 heteroatoms. The molecule has 1 aromatic heterocycles. The summed E-state index contributed by atoms with van der Waals surface area (Å²) in [4.78, 5) is 25.2. The van der Waals surface area contributed by atoms with Crippen LogP contribution >= 0.6 is 11.6 Å². The van der Waals surface area contributed by atoms with Crippen LogP contribution in [0.25, 0.3) is 5.57 Å². The average molecular weight is 477 g/mol. The van der Waals surface area contributed by atoms with Crippen molar-refractivity contribution in [2.75, 3.05) is 5.32 Å². The highest BCUT2D eigenvalue weighted by Crippen LogP contribution is 2.37. The van der Waals surface area contributed by atoms with Gasteiger partial charge in [-0.3, -0.25) is 9.79 Å². The molecule has 3 aromatic rings. The second-order valence-electron chi connectivity index (χ2n) is 8.04. The third-order valence-corrected chi connectivity index (χ3v) is 6.02. The highest BCUT2D eigenvalue weighted by molar-refractivity contribution is 6.26. The Morgan fingerprint density at radius 3 is 2.53 bits per heavy atom. The molecule has 34 heavy (non-hydrogen) atoms. The molecule has 5 rings (SSSR count). The van der Waals surface area contributed by atoms with Gasteiger partial charge in [0.1, 0.15) is 11.6 Å². The number of anilines is 2. The van der Waals surface area contributed by atoms with Gasteiger partial charge >= 0.3 is 0 Å². The lowest BCUT2D eigenvalue weighted by Gasteiger charge is -2.20. The van der Waals surface area contributed by atoms with Crippen LogP contribution in [0.2, 0.25) is 0 Å². The van der Waals surface area contributed by atoms with Crippen molar-refractivity contribution in [2.45, 2.75) is 25.3 Å². The molecular formula is C26H19ClF2N4O. The zero-order chi connectivity index (χ0) is 23.8. The van der Waals surface area contributed by atoms with Crippen molar-refractivity contribution in [1.82, 2.24) is 9.97 Å². The zero-order valence-corrected chi connectivity index (χ0v) is 18.9. The number of halogens is 3. The molecule has 0 spiro atoms. The Bertz CT molecular complexity index is 1380. The van der Waals surface area contributed by atoms with Crippen molar-refractivity contribution >= 4 is 40.3 Å². The minimum Gasteiger partial charge on any atom is -0.324 e. The van der Waals surface area contributed by atoms with Crippen LogP contribution in [0, 0.1) is 11.6 Å². The molecule has 1 aliphatic carbocycles. The van der Waals surface area contributed by atoms with Gasteiger partial charge < -0.3 is 5.32 Å². The van der Waals surface area contributed by atoms with Gasteiger partial charge in [0.2, 0.25) is 5.95 Å². The molecule has 1 N–H and O–H groups in total. The van der Waals surface area contributed by atoms with Gasteiger partial charge in [0.05, 0.1) is 28.9 Å². The van der Waals surface area contributed by atoms with E-state index in [9.17, 15) is 13.6 Å². The second-order valence-corrected chi connectivity index (χ2v) is 8.60. The van der Waals surface area contributed by atoms with Crippen LogP contribution in [0.1, 0.15) is 40.5 Å². The Morgan fingerprint density at radius 2 is 1.82 bits per heavy atom. The molecule has 2 aliphatic rings. The molecule has 0 radical (unpaired) electrons. The minimum atomic E-state index is -0.691. The number of allylic oxidation sites excluding steroid dienone is 4. The van der Waals surface area contributed by atoms with Gasteiger partial charge in [0, 0.05) is 34.2 Å². The summed E-state index contributed by atoms with van der Waals surface area (Å²) in [6.45, 7) is 1.67. The van der Waals surface area contributed by atoms with Crippen molar-refractivity contribution in [2.24, 2.45) is 4.99 Å². The molecule has 2 heterocycles. The number of aromatic nitrogens is 2. The number of ketones is 1. The molecule has 170 valence electrons. The van der Waals surface area contributed by atoms with E-state index in [0.717, 1.165) is 11.3 Å². The quantitative estimate of drug-likeness (QED) is 0.369. The Kier molecular flexibility index (Phi) is 5.79. The van der Waals surface area contributed by atoms with E-state index in [4.69, 9.17) is 16.6 Å². The highest BCUT2D eigenvalue weighted by Gasteiger charge is 2.29. The van der Waals surface area contributed by atoms with Crippen LogP contribution in [0.15, 0.2) is 71.4 Å². The number of Topliss-reactive ketones (excluding diaryl/α,β-unsaturated/α-hetero) is 1. The summed E-state index contributed by atoms with van der Waals surface area (Å²) in [5.41, 5.74) is 3.97. The Morgan fingerprint density at radius 1 is 1.09 bits per heavy atom. The molecule has 2 aromatic carbocycles. The number of hydrogen-bond acceptors (Lipinski definition) is 5. The van der Waals surface area contributed by atoms with Gasteiger partial charge in [-0.05, 0) is 49.7 Å². The van der Waals surface area contributed by atoms with Crippen LogP contribution in [0.4, 0.5) is 20.4 Å². The first-order valence-electron chi connectivity index (χ1n) is 10.7. The van der Waals surface area contributed by atoms with E-state index in [1.165, 1.54) is 25.1 Å². The van der Waals surface area contributed by atoms with E-state index >= 15 is 0 Å². The molecule has 1 unspecified atom stereocenters. The fourth-order valence-corrected chi connectivity index (χ4v) is 4.25. The Hall–Kier alpha value is -3.71. The number of nitrogens with zero attached hydrogens (tertiary/aromatic N) is 3. The molecule has 5 nitrogen and oxygen atoms in total. The third kappa shape index (κ3) is 4.15. The summed E-state index contributed by atoms with van der Waals surface area (Å²) in [6, 6.07) is 10.7. The summed E-state index contributed by atoms with van der Waals surface area (Å²) >= 11 is 6.39. The number of carbonyl (C=O) groups is 1. The monoisotopic (exact) mass is 476 g/mol. The summed E-state index contributed by atoms with van der Waals surface area (Å²) < 4.78 is 29.4. The maximum Gasteiger partial charge on any atom is 0.227 e. The molecule has 0 bridgehead atoms. The topological polar surface area (TPSA) is 67.2 Å². The lowest BCUT2D eigenvalue weighted by molar-refractivity contribution is 0.101. The summed E-state index contributed by atoms with van der Waals surface area (Å²) in [5.74, 6) is -1.05. The SMILES string of the molecule is CC(=O)c1ccc(Nc2ncc3c(n2)C2=CCC(Cl)C=C2C(c2c(F)cccc2F)=NC3)cc1. The van der Waals surface area contributed by atoms with Gasteiger partial charge in [-0.1, -0.05) is 18.2 Å². The first-order valence-corrected chi connectivity index (χ1v) is 11.1. The molecule has 1 atom stereocenters. The van der Waals surface area contributed by atoms with Gasteiger partial charge in [-0.2, -0.15) is 0 Å². The van der Waals surface area contributed by atoms with Gasteiger partial charge in [-0.15, -0.1) is 11.6 Å². The standard InChI is InChI=1S/C26H19ClF2N4O/c1-14(34)15-5-8-18(9-6-15)32-26-31-13-16-12-30-25(23-21(28)3-2-4-22(23)29)20-11-17(27)7-10-19(20)24(16)33-26/h2-6,8-11,13,17H,7,12H2,1H3,(H,31,32,33). The van der Waals surface area contributed by atoms with E-state index < -0.39 is 11.6 Å². The summed E-state index contributed by atoms with van der Waals surface area (Å²) in [6.07, 6.45) is 5.90. The lowest BCUT2D eigenvalue weighted by atomic mass is 9.88. The Balaban J connectivity index is 1.54. The molecule has 0 saturated heterocycles. The number of rotatable bonds is 4. The maximum atomic E-state index is 14.7. The maximum absolute atomic E-state index is 14.7. The van der Waals surface area contributed by atoms with Crippen LogP contribution in [-0.2, 0) is 6.54 Å². The number of fused-ring (bicyclic) bond motifs is 3. The van der Waals surface area contributed by atoms with E-state index in [-0.39, 0.29) is 29.0 Å². The van der Waals surface area contributed by atoms with Crippen LogP contribution in [-0.4, -0.2) is 26.8 Å². The van der Waals surface area contributed by atoms with Gasteiger partial charge in [-0.25, -0.2) is 18.7 Å². The third-order valence-electron chi connectivity index (χ3n) is 5.71. The molecular weight excluding hydrogens is 458 g/mol. The number of alkyl halides is 1. The number of aliphatic imine (C=N–C) groups is 1. The van der Waals surface area contributed by atoms with E-state index in [1.807, 2.05) is 6.08 Å². The van der Waals surface area contributed by atoms with Gasteiger partial charge in [0.25, 0.3) is 0 Å². The van der Waals surface area contributed by atoms with Crippen LogP contribution in [0.5, 0.6) is 0 Å². The van der Waals surface area contributed by atoms with Crippen molar-refractivity contribution in [3.8, 4) is 0 Å². The molecule has 0 fully saturated rings. The van der Waals surface area contributed by atoms with E-state index in [2.05, 4.69) is 15.3 Å². The van der Waals surface area contributed by atoms with Gasteiger partial charge in [0.15, 0.2) is 5.78 Å². The fourth-order valence-electron chi connectivity index (χ4n) is 4.03. The summed E-state index contributed by atoms with van der Waals surface area (Å²) in [5, 5.41) is 2.81. The van der Waals surface area contributed by atoms with Crippen LogP contribution < -0.4 is 5.32 Å². The lowest BCUT2D eigenvalue weighted by Crippen LogP contribution is -2.15. The van der Waals surface area contributed by atoms with Crippen molar-refractivity contribution < 1.29 is 13.6 Å². The Labute approximate surface area is 199 Å². The van der Waals surface area contributed by atoms with Crippen molar-refractivity contribution in [1.29, 1.82) is 0 Å². The normalized spacial score (nSPS) is 16.9. The number of carbonyl (C=O) groups excluding carboxylic acids is 1. The first-order chi connectivity index (χ1) is 16.4. The summed E-state index contributed by atoms with van der Waals surface area (Å²) in [7, 11) is 0. The molecule has 0 saturated carbocycles. The minimum absolute atomic E-state index is 0.0175. The highest BCUT2D eigenvalue weighted by atomic mass is 35.5. The predicted molar refractivity (Wildman–Crippen MR) is 129 cm³/mol. The number of hydrogen-bond donors (Lipinski definition) is 1. The van der Waals surface area contributed by atoms with Crippen LogP contribution in [0.3, 0.4) is 0 Å². The predicted octanol–water partition coefficient (Wildman–Crippen LogP) is 6.02. The van der Waals surface area contributed by atoms with E-state index in [0.29, 0.717) is 34.8 Å². The number of nitrogens with one attached hydrogen (secondary N) is 1. The largest absolute Gasteiger partial charge is 0.324 e. The molecule has 0 amide bonds. The van der Waals surface area contributed by atoms with E-state index in [1.54, 1.807) is 36.5 Å². The zero-order valence-electron chi connectivity index (χ0n) is 18.1. The van der Waals surface area contributed by atoms with Crippen molar-refractivity contribution in [3.63, 3.8) is 0 Å². The second kappa shape index (κ2) is 8.91. The molecule has 1 aliphatic heterocycles.